The van der Waals surface area contributed by atoms with Gasteiger partial charge in [-0.3, -0.25) is 0 Å². The molecule has 0 atom stereocenters. The van der Waals surface area contributed by atoms with Crippen LogP contribution in [-0.4, -0.2) is 16.8 Å². The van der Waals surface area contributed by atoms with Crippen LogP contribution < -0.4 is 10.5 Å². The van der Waals surface area contributed by atoms with E-state index in [0.717, 1.165) is 16.2 Å². The summed E-state index contributed by atoms with van der Waals surface area (Å²) in [5.41, 5.74) is 6.33. The minimum atomic E-state index is -0.253. The van der Waals surface area contributed by atoms with Crippen LogP contribution in [0.3, 0.4) is 0 Å². The van der Waals surface area contributed by atoms with Gasteiger partial charge in [-0.1, -0.05) is 18.3 Å². The van der Waals surface area contributed by atoms with Gasteiger partial charge in [-0.2, -0.15) is 0 Å². The summed E-state index contributed by atoms with van der Waals surface area (Å²) in [5.74, 6) is 0.756. The van der Waals surface area contributed by atoms with Gasteiger partial charge in [0.1, 0.15) is 16.3 Å². The van der Waals surface area contributed by atoms with Gasteiger partial charge in [-0.25, -0.2) is 0 Å². The molecule has 16 heavy (non-hydrogen) atoms. The summed E-state index contributed by atoms with van der Waals surface area (Å²) >= 11 is 6.69. The molecule has 2 N–H and O–H groups in total. The third kappa shape index (κ3) is 3.39. The second kappa shape index (κ2) is 5.06. The summed E-state index contributed by atoms with van der Waals surface area (Å²) in [5, 5.41) is 0. The van der Waals surface area contributed by atoms with Gasteiger partial charge in [0.15, 0.2) is 0 Å². The van der Waals surface area contributed by atoms with E-state index in [2.05, 4.69) is 0 Å². The molecule has 4 heteroatoms. The second-order valence-corrected chi connectivity index (χ2v) is 5.70. The van der Waals surface area contributed by atoms with E-state index in [-0.39, 0.29) is 5.60 Å². The Bertz CT molecular complexity index is 396. The monoisotopic (exact) mass is 255 g/mol. The zero-order chi connectivity index (χ0) is 12.3. The molecule has 0 radical (unpaired) electrons. The summed E-state index contributed by atoms with van der Waals surface area (Å²) in [7, 11) is 0. The lowest BCUT2D eigenvalue weighted by Crippen LogP contribution is -2.25. The van der Waals surface area contributed by atoms with Crippen molar-refractivity contribution in [1.82, 2.24) is 0 Å². The second-order valence-electron chi connectivity index (χ2n) is 4.41. The predicted octanol–water partition coefficient (Wildman–Crippen LogP) is 3.22. The molecule has 0 aliphatic heterocycles. The summed E-state index contributed by atoms with van der Waals surface area (Å²) in [4.78, 5) is 1.43. The van der Waals surface area contributed by atoms with Crippen LogP contribution in [-0.2, 0) is 0 Å². The van der Waals surface area contributed by atoms with E-state index in [1.165, 1.54) is 0 Å². The largest absolute Gasteiger partial charge is 0.487 e. The molecule has 0 spiro atoms. The van der Waals surface area contributed by atoms with Gasteiger partial charge >= 0.3 is 0 Å². The van der Waals surface area contributed by atoms with Crippen LogP contribution in [0, 0.1) is 0 Å². The zero-order valence-electron chi connectivity index (χ0n) is 10.0. The van der Waals surface area contributed by atoms with Crippen LogP contribution >= 0.6 is 24.0 Å². The number of ether oxygens (including phenoxy) is 1. The van der Waals surface area contributed by atoms with Gasteiger partial charge in [0, 0.05) is 4.90 Å². The first-order chi connectivity index (χ1) is 7.35. The molecular weight excluding hydrogens is 238 g/mol. The van der Waals surface area contributed by atoms with Crippen molar-refractivity contribution in [2.45, 2.75) is 31.3 Å². The Kier molecular flexibility index (Phi) is 4.21. The standard InChI is InChI=1S/C12H17NOS2/c1-12(2,3)14-8-6-5-7-9(16-4)10(8)11(13)15/h5-7H,1-4H3,(H2,13,15). The minimum Gasteiger partial charge on any atom is -0.487 e. The molecule has 0 aliphatic rings. The molecule has 0 unspecified atom stereocenters. The van der Waals surface area contributed by atoms with E-state index in [1.807, 2.05) is 45.2 Å². The average Bonchev–Trinajstić information content (AvgIpc) is 2.14. The molecule has 0 saturated carbocycles. The highest BCUT2D eigenvalue weighted by Gasteiger charge is 2.17. The Morgan fingerprint density at radius 2 is 2.00 bits per heavy atom. The number of nitrogens with two attached hydrogens (primary N) is 1. The SMILES string of the molecule is CSc1cccc(OC(C)(C)C)c1C(N)=S. The van der Waals surface area contributed by atoms with Crippen molar-refractivity contribution in [3.8, 4) is 5.75 Å². The van der Waals surface area contributed by atoms with Gasteiger partial charge < -0.3 is 10.5 Å². The molecule has 88 valence electrons. The highest BCUT2D eigenvalue weighted by atomic mass is 32.2. The molecule has 0 fully saturated rings. The van der Waals surface area contributed by atoms with E-state index in [0.29, 0.717) is 4.99 Å². The number of hydrogen-bond donors (Lipinski definition) is 1. The fourth-order valence-electron chi connectivity index (χ4n) is 1.34. The third-order valence-corrected chi connectivity index (χ3v) is 2.85. The molecule has 1 aromatic rings. The molecule has 0 bridgehead atoms. The zero-order valence-corrected chi connectivity index (χ0v) is 11.7. The maximum atomic E-state index is 5.86. The normalized spacial score (nSPS) is 11.2. The lowest BCUT2D eigenvalue weighted by atomic mass is 10.1. The van der Waals surface area contributed by atoms with Crippen molar-refractivity contribution in [3.05, 3.63) is 23.8 Å². The number of benzene rings is 1. The first-order valence-electron chi connectivity index (χ1n) is 5.01. The number of hydrogen-bond acceptors (Lipinski definition) is 3. The van der Waals surface area contributed by atoms with E-state index in [9.17, 15) is 0 Å². The lowest BCUT2D eigenvalue weighted by Gasteiger charge is -2.23. The minimum absolute atomic E-state index is 0.253. The molecule has 0 aliphatic carbocycles. The smallest absolute Gasteiger partial charge is 0.131 e. The number of thioether (sulfide) groups is 1. The van der Waals surface area contributed by atoms with Crippen molar-refractivity contribution < 1.29 is 4.74 Å². The fraction of sp³-hybridized carbons (Fsp3) is 0.417. The fourth-order valence-corrected chi connectivity index (χ4v) is 2.24. The van der Waals surface area contributed by atoms with Crippen LogP contribution in [0.2, 0.25) is 0 Å². The molecule has 0 saturated heterocycles. The van der Waals surface area contributed by atoms with Gasteiger partial charge in [0.05, 0.1) is 5.56 Å². The van der Waals surface area contributed by atoms with E-state index in [4.69, 9.17) is 22.7 Å². The van der Waals surface area contributed by atoms with Crippen LogP contribution in [0.1, 0.15) is 26.3 Å². The first kappa shape index (κ1) is 13.3. The van der Waals surface area contributed by atoms with Crippen molar-refractivity contribution in [3.63, 3.8) is 0 Å². The highest BCUT2D eigenvalue weighted by molar-refractivity contribution is 7.98. The van der Waals surface area contributed by atoms with Crippen molar-refractivity contribution >= 4 is 29.0 Å². The Hall–Kier alpha value is -0.740. The molecular formula is C12H17NOS2. The highest BCUT2D eigenvalue weighted by Crippen LogP contribution is 2.30. The lowest BCUT2D eigenvalue weighted by molar-refractivity contribution is 0.130. The van der Waals surface area contributed by atoms with Crippen molar-refractivity contribution in [2.24, 2.45) is 5.73 Å². The van der Waals surface area contributed by atoms with Gasteiger partial charge in [-0.15, -0.1) is 11.8 Å². The predicted molar refractivity (Wildman–Crippen MR) is 74.5 cm³/mol. The van der Waals surface area contributed by atoms with E-state index < -0.39 is 0 Å². The Morgan fingerprint density at radius 1 is 1.38 bits per heavy atom. The van der Waals surface area contributed by atoms with Crippen LogP contribution in [0.5, 0.6) is 5.75 Å². The molecule has 0 heterocycles. The summed E-state index contributed by atoms with van der Waals surface area (Å²) in [6, 6.07) is 5.85. The first-order valence-corrected chi connectivity index (χ1v) is 6.64. The van der Waals surface area contributed by atoms with Gasteiger partial charge in [-0.05, 0) is 39.2 Å². The topological polar surface area (TPSA) is 35.2 Å². The van der Waals surface area contributed by atoms with E-state index >= 15 is 0 Å². The maximum absolute atomic E-state index is 5.86. The molecule has 0 aromatic heterocycles. The average molecular weight is 255 g/mol. The van der Waals surface area contributed by atoms with E-state index in [1.54, 1.807) is 11.8 Å². The van der Waals surface area contributed by atoms with Crippen molar-refractivity contribution in [2.75, 3.05) is 6.26 Å². The Labute approximate surface area is 107 Å². The number of rotatable bonds is 3. The van der Waals surface area contributed by atoms with Crippen LogP contribution in [0.25, 0.3) is 0 Å². The third-order valence-electron chi connectivity index (χ3n) is 1.87. The maximum Gasteiger partial charge on any atom is 0.131 e. The van der Waals surface area contributed by atoms with Gasteiger partial charge in [0.25, 0.3) is 0 Å². The van der Waals surface area contributed by atoms with Crippen LogP contribution in [0.4, 0.5) is 0 Å². The molecule has 2 nitrogen and oxygen atoms in total. The Morgan fingerprint density at radius 3 is 2.44 bits per heavy atom. The summed E-state index contributed by atoms with van der Waals surface area (Å²) < 4.78 is 5.86. The Balaban J connectivity index is 3.22. The molecule has 1 rings (SSSR count). The van der Waals surface area contributed by atoms with Crippen molar-refractivity contribution in [1.29, 1.82) is 0 Å². The molecule has 1 aromatic carbocycles. The van der Waals surface area contributed by atoms with Crippen LogP contribution in [0.15, 0.2) is 23.1 Å². The van der Waals surface area contributed by atoms with Gasteiger partial charge in [0.2, 0.25) is 0 Å². The summed E-state index contributed by atoms with van der Waals surface area (Å²) in [6.45, 7) is 6.01. The summed E-state index contributed by atoms with van der Waals surface area (Å²) in [6.07, 6.45) is 2.00. The number of thiocarbonyl (C=S) groups is 1. The quantitative estimate of drug-likeness (QED) is 0.664. The molecule has 0 amide bonds.